The summed E-state index contributed by atoms with van der Waals surface area (Å²) < 4.78 is 5.33. The molecule has 1 fully saturated rings. The highest BCUT2D eigenvalue weighted by Gasteiger charge is 2.16. The van der Waals surface area contributed by atoms with Crippen LogP contribution in [0.15, 0.2) is 11.6 Å². The summed E-state index contributed by atoms with van der Waals surface area (Å²) in [6.07, 6.45) is 3.97. The minimum atomic E-state index is -0.189. The number of rotatable bonds is 4. The number of hydrogen-bond acceptors (Lipinski definition) is 3. The lowest BCUT2D eigenvalue weighted by molar-refractivity contribution is -0.132. The van der Waals surface area contributed by atoms with E-state index >= 15 is 0 Å². The molecule has 1 atom stereocenters. The summed E-state index contributed by atoms with van der Waals surface area (Å²) in [5, 5.41) is 0. The molecule has 0 aromatic carbocycles. The first-order chi connectivity index (χ1) is 6.74. The van der Waals surface area contributed by atoms with Crippen molar-refractivity contribution < 1.29 is 14.4 Å². The minimum Gasteiger partial charge on any atom is -0.376 e. The Kier molecular flexibility index (Phi) is 4.62. The van der Waals surface area contributed by atoms with Gasteiger partial charge in [0.25, 0.3) is 5.91 Å². The fourth-order valence-electron chi connectivity index (χ4n) is 1.19. The molecule has 0 aromatic heterocycles. The molecule has 80 valence electrons. The molecule has 4 heteroatoms. The Labute approximate surface area is 84.2 Å². The first-order valence-corrected chi connectivity index (χ1v) is 4.90. The maximum Gasteiger partial charge on any atom is 0.270 e. The number of carbonyl (C=O) groups excluding carboxylic acids is 1. The molecule has 0 aliphatic carbocycles. The van der Waals surface area contributed by atoms with Gasteiger partial charge < -0.3 is 4.74 Å². The molecule has 1 saturated heterocycles. The number of carbonyl (C=O) groups is 1. The molecule has 4 nitrogen and oxygen atoms in total. The van der Waals surface area contributed by atoms with Crippen LogP contribution in [-0.4, -0.2) is 25.2 Å². The van der Waals surface area contributed by atoms with E-state index in [4.69, 9.17) is 9.57 Å². The first kappa shape index (κ1) is 11.2. The number of hydrogen-bond donors (Lipinski definition) is 1. The van der Waals surface area contributed by atoms with Gasteiger partial charge in [-0.15, -0.1) is 0 Å². The van der Waals surface area contributed by atoms with Crippen LogP contribution in [-0.2, 0) is 14.4 Å². The van der Waals surface area contributed by atoms with Crippen LogP contribution in [0.2, 0.25) is 0 Å². The molecule has 1 N–H and O–H groups in total. The lowest BCUT2D eigenvalue weighted by Crippen LogP contribution is -2.28. The van der Waals surface area contributed by atoms with Crippen molar-refractivity contribution in [2.75, 3.05) is 13.2 Å². The van der Waals surface area contributed by atoms with Crippen molar-refractivity contribution in [3.63, 3.8) is 0 Å². The fraction of sp³-hybridized carbons (Fsp3) is 0.700. The number of amides is 1. The van der Waals surface area contributed by atoms with E-state index < -0.39 is 0 Å². The summed E-state index contributed by atoms with van der Waals surface area (Å²) in [7, 11) is 0. The van der Waals surface area contributed by atoms with Crippen molar-refractivity contribution >= 4 is 5.91 Å². The lowest BCUT2D eigenvalue weighted by atomic mass is 10.2. The van der Waals surface area contributed by atoms with E-state index in [-0.39, 0.29) is 12.0 Å². The summed E-state index contributed by atoms with van der Waals surface area (Å²) in [5.74, 6) is -0.189. The molecule has 1 amide bonds. The molecule has 0 spiro atoms. The third-order valence-electron chi connectivity index (χ3n) is 2.25. The molecule has 0 bridgehead atoms. The van der Waals surface area contributed by atoms with Gasteiger partial charge in [0.2, 0.25) is 0 Å². The predicted octanol–water partition coefficient (Wildman–Crippen LogP) is 1.18. The van der Waals surface area contributed by atoms with Crippen LogP contribution < -0.4 is 5.48 Å². The molecule has 0 saturated carbocycles. The third kappa shape index (κ3) is 3.47. The lowest BCUT2D eigenvalue weighted by Gasteiger charge is -2.10. The Morgan fingerprint density at radius 1 is 1.71 bits per heavy atom. The highest BCUT2D eigenvalue weighted by molar-refractivity contribution is 5.91. The van der Waals surface area contributed by atoms with Crippen LogP contribution in [0.25, 0.3) is 0 Å². The SMILES string of the molecule is CC=C(C)C(=O)NOCC1CCCO1. The quantitative estimate of drug-likeness (QED) is 0.546. The molecule has 14 heavy (non-hydrogen) atoms. The summed E-state index contributed by atoms with van der Waals surface area (Å²) in [5.41, 5.74) is 3.02. The molecule has 1 heterocycles. The van der Waals surface area contributed by atoms with Gasteiger partial charge >= 0.3 is 0 Å². The largest absolute Gasteiger partial charge is 0.376 e. The predicted molar refractivity (Wildman–Crippen MR) is 52.5 cm³/mol. The van der Waals surface area contributed by atoms with Crippen LogP contribution in [0.1, 0.15) is 26.7 Å². The summed E-state index contributed by atoms with van der Waals surface area (Å²) in [4.78, 5) is 16.2. The molecule has 1 aliphatic rings. The third-order valence-corrected chi connectivity index (χ3v) is 2.25. The summed E-state index contributed by atoms with van der Waals surface area (Å²) in [6.45, 7) is 4.79. The van der Waals surface area contributed by atoms with Gasteiger partial charge in [-0.3, -0.25) is 9.63 Å². The van der Waals surface area contributed by atoms with Gasteiger partial charge in [0.1, 0.15) is 6.61 Å². The molecular formula is C10H17NO3. The average molecular weight is 199 g/mol. The zero-order chi connectivity index (χ0) is 10.4. The Morgan fingerprint density at radius 3 is 3.07 bits per heavy atom. The van der Waals surface area contributed by atoms with Crippen LogP contribution in [0.5, 0.6) is 0 Å². The van der Waals surface area contributed by atoms with Crippen molar-refractivity contribution in [2.45, 2.75) is 32.8 Å². The van der Waals surface area contributed by atoms with Crippen molar-refractivity contribution in [3.05, 3.63) is 11.6 Å². The molecule has 0 aromatic rings. The second-order valence-corrected chi connectivity index (χ2v) is 3.35. The van der Waals surface area contributed by atoms with Gasteiger partial charge in [-0.2, -0.15) is 0 Å². The van der Waals surface area contributed by atoms with Crippen molar-refractivity contribution in [1.29, 1.82) is 0 Å². The first-order valence-electron chi connectivity index (χ1n) is 4.90. The molecule has 1 unspecified atom stereocenters. The van der Waals surface area contributed by atoms with Crippen LogP contribution in [0, 0.1) is 0 Å². The van der Waals surface area contributed by atoms with Gasteiger partial charge in [0, 0.05) is 12.2 Å². The van der Waals surface area contributed by atoms with E-state index in [2.05, 4.69) is 5.48 Å². The highest BCUT2D eigenvalue weighted by Crippen LogP contribution is 2.11. The second-order valence-electron chi connectivity index (χ2n) is 3.35. The Morgan fingerprint density at radius 2 is 2.50 bits per heavy atom. The van der Waals surface area contributed by atoms with Gasteiger partial charge in [-0.1, -0.05) is 6.08 Å². The number of hydroxylamine groups is 1. The van der Waals surface area contributed by atoms with Crippen molar-refractivity contribution in [3.8, 4) is 0 Å². The van der Waals surface area contributed by atoms with Crippen LogP contribution >= 0.6 is 0 Å². The molecule has 1 aliphatic heterocycles. The normalized spacial score (nSPS) is 22.4. The Bertz CT molecular complexity index is 219. The van der Waals surface area contributed by atoms with Crippen molar-refractivity contribution in [1.82, 2.24) is 5.48 Å². The van der Waals surface area contributed by atoms with Crippen LogP contribution in [0.4, 0.5) is 0 Å². The highest BCUT2D eigenvalue weighted by atomic mass is 16.7. The zero-order valence-corrected chi connectivity index (χ0v) is 8.71. The number of nitrogens with one attached hydrogen (secondary N) is 1. The van der Waals surface area contributed by atoms with E-state index in [1.165, 1.54) is 0 Å². The molecular weight excluding hydrogens is 182 g/mol. The van der Waals surface area contributed by atoms with Crippen LogP contribution in [0.3, 0.4) is 0 Å². The van der Waals surface area contributed by atoms with Gasteiger partial charge in [0.15, 0.2) is 0 Å². The van der Waals surface area contributed by atoms with E-state index in [9.17, 15) is 4.79 Å². The van der Waals surface area contributed by atoms with Gasteiger partial charge in [0.05, 0.1) is 6.10 Å². The molecule has 0 radical (unpaired) electrons. The Balaban J connectivity index is 2.11. The fourth-order valence-corrected chi connectivity index (χ4v) is 1.19. The summed E-state index contributed by atoms with van der Waals surface area (Å²) >= 11 is 0. The average Bonchev–Trinajstić information content (AvgIpc) is 2.69. The van der Waals surface area contributed by atoms with E-state index in [0.29, 0.717) is 12.2 Å². The molecule has 1 rings (SSSR count). The van der Waals surface area contributed by atoms with Gasteiger partial charge in [-0.05, 0) is 26.7 Å². The smallest absolute Gasteiger partial charge is 0.270 e. The van der Waals surface area contributed by atoms with Crippen molar-refractivity contribution in [2.24, 2.45) is 0 Å². The minimum absolute atomic E-state index is 0.140. The summed E-state index contributed by atoms with van der Waals surface area (Å²) in [6, 6.07) is 0. The topological polar surface area (TPSA) is 47.6 Å². The van der Waals surface area contributed by atoms with Gasteiger partial charge in [-0.25, -0.2) is 5.48 Å². The maximum absolute atomic E-state index is 11.2. The number of ether oxygens (including phenoxy) is 1. The van der Waals surface area contributed by atoms with E-state index in [1.54, 1.807) is 13.0 Å². The zero-order valence-electron chi connectivity index (χ0n) is 8.71. The number of allylic oxidation sites excluding steroid dienone is 1. The van der Waals surface area contributed by atoms with E-state index in [0.717, 1.165) is 19.4 Å². The second kappa shape index (κ2) is 5.78. The monoisotopic (exact) mass is 199 g/mol. The Hall–Kier alpha value is -0.870. The van der Waals surface area contributed by atoms with E-state index in [1.807, 2.05) is 6.92 Å². The standard InChI is InChI=1S/C10H17NO3/c1-3-8(2)10(12)11-14-7-9-5-4-6-13-9/h3,9H,4-7H2,1-2H3,(H,11,12). The maximum atomic E-state index is 11.2.